The molecule has 4 heteroatoms. The van der Waals surface area contributed by atoms with E-state index in [2.05, 4.69) is 5.32 Å². The Kier molecular flexibility index (Phi) is 5.08. The van der Waals surface area contributed by atoms with Gasteiger partial charge in [-0.3, -0.25) is 9.59 Å². The molecular weight excluding hydrogens is 156 g/mol. The Morgan fingerprint density at radius 3 is 2.42 bits per heavy atom. The quantitative estimate of drug-likeness (QED) is 0.620. The molecule has 3 N–H and O–H groups in total. The third-order valence-corrected chi connectivity index (χ3v) is 1.57. The van der Waals surface area contributed by atoms with Crippen LogP contribution in [0.25, 0.3) is 0 Å². The molecule has 0 fully saturated rings. The van der Waals surface area contributed by atoms with Crippen molar-refractivity contribution in [3.05, 3.63) is 0 Å². The molecule has 0 spiro atoms. The molecule has 12 heavy (non-hydrogen) atoms. The van der Waals surface area contributed by atoms with Crippen LogP contribution in [-0.4, -0.2) is 17.9 Å². The number of carbonyl (C=O) groups is 2. The number of amides is 2. The van der Waals surface area contributed by atoms with Crippen LogP contribution in [0.3, 0.4) is 0 Å². The molecule has 0 bridgehead atoms. The second kappa shape index (κ2) is 5.57. The van der Waals surface area contributed by atoms with Gasteiger partial charge in [0.2, 0.25) is 11.8 Å². The van der Waals surface area contributed by atoms with Gasteiger partial charge in [0.25, 0.3) is 0 Å². The summed E-state index contributed by atoms with van der Waals surface area (Å²) in [4.78, 5) is 21.4. The van der Waals surface area contributed by atoms with Crippen LogP contribution >= 0.6 is 0 Å². The fourth-order valence-corrected chi connectivity index (χ4v) is 0.939. The van der Waals surface area contributed by atoms with E-state index in [9.17, 15) is 9.59 Å². The molecular formula is C8H16N2O2. The van der Waals surface area contributed by atoms with Gasteiger partial charge in [-0.25, -0.2) is 0 Å². The zero-order chi connectivity index (χ0) is 9.56. The Labute approximate surface area is 72.5 Å². The van der Waals surface area contributed by atoms with Crippen LogP contribution in [0.5, 0.6) is 0 Å². The molecule has 0 rings (SSSR count). The van der Waals surface area contributed by atoms with E-state index in [4.69, 9.17) is 5.73 Å². The van der Waals surface area contributed by atoms with Crippen LogP contribution in [0.4, 0.5) is 0 Å². The van der Waals surface area contributed by atoms with E-state index >= 15 is 0 Å². The first-order valence-corrected chi connectivity index (χ1v) is 4.14. The summed E-state index contributed by atoms with van der Waals surface area (Å²) in [5, 5.41) is 2.50. The van der Waals surface area contributed by atoms with E-state index in [0.29, 0.717) is 6.42 Å². The van der Waals surface area contributed by atoms with E-state index in [1.165, 1.54) is 6.92 Å². The van der Waals surface area contributed by atoms with Crippen molar-refractivity contribution in [1.29, 1.82) is 0 Å². The van der Waals surface area contributed by atoms with Crippen LogP contribution in [0.2, 0.25) is 0 Å². The van der Waals surface area contributed by atoms with Crippen LogP contribution in [-0.2, 0) is 9.59 Å². The lowest BCUT2D eigenvalue weighted by Crippen LogP contribution is -2.43. The second-order valence-electron chi connectivity index (χ2n) is 2.80. The number of primary amides is 1. The average Bonchev–Trinajstić information content (AvgIpc) is 1.96. The maximum atomic E-state index is 10.7. The number of rotatable bonds is 5. The molecule has 4 nitrogen and oxygen atoms in total. The summed E-state index contributed by atoms with van der Waals surface area (Å²) in [6.07, 6.45) is 2.52. The molecule has 0 heterocycles. The highest BCUT2D eigenvalue weighted by atomic mass is 16.2. The fraction of sp³-hybridized carbons (Fsp3) is 0.750. The molecule has 0 aliphatic rings. The van der Waals surface area contributed by atoms with Crippen LogP contribution in [0, 0.1) is 0 Å². The number of nitrogens with two attached hydrogens (primary N) is 1. The summed E-state index contributed by atoms with van der Waals surface area (Å²) in [6.45, 7) is 3.40. The minimum Gasteiger partial charge on any atom is -0.368 e. The standard InChI is InChI=1S/C8H16N2O2/c1-3-4-5-7(8(9)12)10-6(2)11/h7H,3-5H2,1-2H3,(H2,9,12)(H,10,11)/t7-/m0/s1. The molecule has 0 aliphatic heterocycles. The number of hydrogen-bond acceptors (Lipinski definition) is 2. The third kappa shape index (κ3) is 4.71. The SMILES string of the molecule is CCCC[C@H](NC(C)=O)C(N)=O. The summed E-state index contributed by atoms with van der Waals surface area (Å²) >= 11 is 0. The number of hydrogen-bond donors (Lipinski definition) is 2. The van der Waals surface area contributed by atoms with Gasteiger partial charge in [0.1, 0.15) is 6.04 Å². The van der Waals surface area contributed by atoms with Crippen LogP contribution in [0.1, 0.15) is 33.1 Å². The Balaban J connectivity index is 3.87. The van der Waals surface area contributed by atoms with Gasteiger partial charge in [-0.05, 0) is 6.42 Å². The third-order valence-electron chi connectivity index (χ3n) is 1.57. The monoisotopic (exact) mass is 172 g/mol. The molecule has 0 aliphatic carbocycles. The zero-order valence-electron chi connectivity index (χ0n) is 7.59. The minimum absolute atomic E-state index is 0.213. The van der Waals surface area contributed by atoms with Gasteiger partial charge in [-0.1, -0.05) is 19.8 Å². The molecule has 70 valence electrons. The Morgan fingerprint density at radius 2 is 2.08 bits per heavy atom. The van der Waals surface area contributed by atoms with Crippen molar-refractivity contribution in [1.82, 2.24) is 5.32 Å². The first-order valence-electron chi connectivity index (χ1n) is 4.14. The number of carbonyl (C=O) groups excluding carboxylic acids is 2. The van der Waals surface area contributed by atoms with Crippen molar-refractivity contribution >= 4 is 11.8 Å². The molecule has 0 saturated heterocycles. The van der Waals surface area contributed by atoms with Gasteiger partial charge in [0, 0.05) is 6.92 Å². The van der Waals surface area contributed by atoms with Crippen molar-refractivity contribution in [2.24, 2.45) is 5.73 Å². The first kappa shape index (κ1) is 10.9. The van der Waals surface area contributed by atoms with E-state index < -0.39 is 11.9 Å². The molecule has 1 atom stereocenters. The summed E-state index contributed by atoms with van der Waals surface area (Å²) in [6, 6.07) is -0.498. The summed E-state index contributed by atoms with van der Waals surface area (Å²) in [5.74, 6) is -0.673. The largest absolute Gasteiger partial charge is 0.368 e. The summed E-state index contributed by atoms with van der Waals surface area (Å²) in [5.41, 5.74) is 5.07. The van der Waals surface area contributed by atoms with Crippen molar-refractivity contribution < 1.29 is 9.59 Å². The lowest BCUT2D eigenvalue weighted by Gasteiger charge is -2.12. The predicted octanol–water partition coefficient (Wildman–Crippen LogP) is 0.167. The Bertz CT molecular complexity index is 168. The van der Waals surface area contributed by atoms with Gasteiger partial charge >= 0.3 is 0 Å². The van der Waals surface area contributed by atoms with E-state index in [-0.39, 0.29) is 5.91 Å². The highest BCUT2D eigenvalue weighted by molar-refractivity contribution is 5.85. The van der Waals surface area contributed by atoms with Crippen molar-refractivity contribution in [3.63, 3.8) is 0 Å². The Hall–Kier alpha value is -1.06. The molecule has 0 unspecified atom stereocenters. The van der Waals surface area contributed by atoms with Gasteiger partial charge in [-0.2, -0.15) is 0 Å². The summed E-state index contributed by atoms with van der Waals surface area (Å²) < 4.78 is 0. The zero-order valence-corrected chi connectivity index (χ0v) is 7.59. The average molecular weight is 172 g/mol. The van der Waals surface area contributed by atoms with Gasteiger partial charge < -0.3 is 11.1 Å². The smallest absolute Gasteiger partial charge is 0.239 e. The summed E-state index contributed by atoms with van der Waals surface area (Å²) in [7, 11) is 0. The molecule has 0 aromatic rings. The molecule has 2 amide bonds. The van der Waals surface area contributed by atoms with E-state index in [0.717, 1.165) is 12.8 Å². The molecule has 0 radical (unpaired) electrons. The van der Waals surface area contributed by atoms with Crippen LogP contribution < -0.4 is 11.1 Å². The maximum absolute atomic E-state index is 10.7. The topological polar surface area (TPSA) is 72.2 Å². The predicted molar refractivity (Wildman–Crippen MR) is 46.3 cm³/mol. The fourth-order valence-electron chi connectivity index (χ4n) is 0.939. The Morgan fingerprint density at radius 1 is 1.50 bits per heavy atom. The van der Waals surface area contributed by atoms with Gasteiger partial charge in [0.05, 0.1) is 0 Å². The van der Waals surface area contributed by atoms with Gasteiger partial charge in [0.15, 0.2) is 0 Å². The number of nitrogens with one attached hydrogen (secondary N) is 1. The maximum Gasteiger partial charge on any atom is 0.239 e. The van der Waals surface area contributed by atoms with Crippen molar-refractivity contribution in [2.45, 2.75) is 39.2 Å². The first-order chi connectivity index (χ1) is 5.57. The molecule has 0 aromatic heterocycles. The van der Waals surface area contributed by atoms with E-state index in [1.54, 1.807) is 0 Å². The lowest BCUT2D eigenvalue weighted by atomic mass is 10.1. The van der Waals surface area contributed by atoms with Gasteiger partial charge in [-0.15, -0.1) is 0 Å². The van der Waals surface area contributed by atoms with Crippen LogP contribution in [0.15, 0.2) is 0 Å². The minimum atomic E-state index is -0.498. The lowest BCUT2D eigenvalue weighted by molar-refractivity contribution is -0.126. The highest BCUT2D eigenvalue weighted by Crippen LogP contribution is 1.99. The highest BCUT2D eigenvalue weighted by Gasteiger charge is 2.14. The molecule has 0 saturated carbocycles. The number of unbranched alkanes of at least 4 members (excludes halogenated alkanes) is 1. The second-order valence-corrected chi connectivity index (χ2v) is 2.80. The molecule has 0 aromatic carbocycles. The van der Waals surface area contributed by atoms with Crippen molar-refractivity contribution in [3.8, 4) is 0 Å². The normalized spacial score (nSPS) is 12.2. The van der Waals surface area contributed by atoms with Crippen molar-refractivity contribution in [2.75, 3.05) is 0 Å². The van der Waals surface area contributed by atoms with E-state index in [1.807, 2.05) is 6.92 Å².